The molecule has 0 aromatic heterocycles. The highest BCUT2D eigenvalue weighted by Gasteiger charge is 2.28. The van der Waals surface area contributed by atoms with E-state index in [1.807, 2.05) is 30.3 Å². The summed E-state index contributed by atoms with van der Waals surface area (Å²) in [5, 5.41) is 5.74. The summed E-state index contributed by atoms with van der Waals surface area (Å²) in [6.07, 6.45) is 1.29. The quantitative estimate of drug-likeness (QED) is 0.538. The second-order valence-electron chi connectivity index (χ2n) is 7.54. The van der Waals surface area contributed by atoms with Crippen LogP contribution in [0.5, 0.6) is 0 Å². The Bertz CT molecular complexity index is 595. The van der Waals surface area contributed by atoms with E-state index in [4.69, 9.17) is 10.5 Å². The Morgan fingerprint density at radius 2 is 1.89 bits per heavy atom. The minimum atomic E-state index is -1.04. The molecule has 1 aliphatic heterocycles. The molecule has 27 heavy (non-hydrogen) atoms. The summed E-state index contributed by atoms with van der Waals surface area (Å²) in [6, 6.07) is 9.00. The summed E-state index contributed by atoms with van der Waals surface area (Å²) in [5.41, 5.74) is 5.82. The Kier molecular flexibility index (Phi) is 8.22. The minimum absolute atomic E-state index is 0.182. The smallest absolute Gasteiger partial charge is 0.242 e. The summed E-state index contributed by atoms with van der Waals surface area (Å²) in [5.74, 6) is -0.523. The van der Waals surface area contributed by atoms with Crippen molar-refractivity contribution in [3.05, 3.63) is 35.9 Å². The van der Waals surface area contributed by atoms with Crippen LogP contribution in [0.25, 0.3) is 0 Å². The van der Waals surface area contributed by atoms with E-state index in [-0.39, 0.29) is 11.8 Å². The molecule has 1 fully saturated rings. The molecule has 2 amide bonds. The van der Waals surface area contributed by atoms with Gasteiger partial charge in [0.05, 0.1) is 18.8 Å². The number of morpholine rings is 1. The molecule has 1 saturated heterocycles. The van der Waals surface area contributed by atoms with Gasteiger partial charge in [-0.25, -0.2) is 0 Å². The third kappa shape index (κ3) is 7.66. The van der Waals surface area contributed by atoms with Crippen molar-refractivity contribution in [2.45, 2.75) is 38.3 Å². The van der Waals surface area contributed by atoms with Gasteiger partial charge in [0, 0.05) is 26.1 Å². The summed E-state index contributed by atoms with van der Waals surface area (Å²) >= 11 is 0. The van der Waals surface area contributed by atoms with Crippen molar-refractivity contribution in [2.75, 3.05) is 39.4 Å². The third-order valence-corrected chi connectivity index (χ3v) is 4.54. The van der Waals surface area contributed by atoms with Gasteiger partial charge in [-0.2, -0.15) is 0 Å². The average Bonchev–Trinajstić information content (AvgIpc) is 2.65. The highest BCUT2D eigenvalue weighted by molar-refractivity contribution is 5.91. The van der Waals surface area contributed by atoms with Gasteiger partial charge in [0.25, 0.3) is 0 Å². The standard InChI is InChI=1S/C20H32N4O3/c1-20(2,21)19(26)23-17(15-16-7-4-3-5-8-16)18(25)22-9-6-10-24-11-13-27-14-12-24/h3-5,7-8,17H,6,9-15,21H2,1-2H3,(H,22,25)(H,23,26)/t17-/m1/s1. The van der Waals surface area contributed by atoms with E-state index in [2.05, 4.69) is 15.5 Å². The molecule has 0 bridgehead atoms. The molecule has 0 unspecified atom stereocenters. The molecule has 1 aromatic rings. The fourth-order valence-corrected chi connectivity index (χ4v) is 2.87. The number of benzene rings is 1. The molecule has 1 atom stereocenters. The Balaban J connectivity index is 1.86. The Morgan fingerprint density at radius 1 is 1.22 bits per heavy atom. The van der Waals surface area contributed by atoms with Gasteiger partial charge in [-0.3, -0.25) is 14.5 Å². The van der Waals surface area contributed by atoms with Crippen molar-refractivity contribution in [2.24, 2.45) is 5.73 Å². The van der Waals surface area contributed by atoms with Gasteiger partial charge < -0.3 is 21.1 Å². The number of nitrogens with one attached hydrogen (secondary N) is 2. The molecule has 1 aliphatic rings. The molecule has 1 aromatic carbocycles. The van der Waals surface area contributed by atoms with Gasteiger partial charge in [0.2, 0.25) is 11.8 Å². The molecular weight excluding hydrogens is 344 g/mol. The first kappa shape index (κ1) is 21.3. The first-order valence-electron chi connectivity index (χ1n) is 9.58. The van der Waals surface area contributed by atoms with E-state index in [0.29, 0.717) is 13.0 Å². The second kappa shape index (κ2) is 10.4. The lowest BCUT2D eigenvalue weighted by atomic mass is 10.0. The summed E-state index contributed by atoms with van der Waals surface area (Å²) < 4.78 is 5.33. The van der Waals surface area contributed by atoms with Crippen LogP contribution in [0.4, 0.5) is 0 Å². The highest BCUT2D eigenvalue weighted by atomic mass is 16.5. The number of carbonyl (C=O) groups is 2. The third-order valence-electron chi connectivity index (χ3n) is 4.54. The van der Waals surface area contributed by atoms with E-state index < -0.39 is 11.6 Å². The van der Waals surface area contributed by atoms with E-state index >= 15 is 0 Å². The van der Waals surface area contributed by atoms with Crippen molar-refractivity contribution in [3.8, 4) is 0 Å². The second-order valence-corrected chi connectivity index (χ2v) is 7.54. The maximum absolute atomic E-state index is 12.7. The van der Waals surface area contributed by atoms with Gasteiger partial charge in [-0.1, -0.05) is 30.3 Å². The number of amides is 2. The fraction of sp³-hybridized carbons (Fsp3) is 0.600. The molecule has 0 saturated carbocycles. The predicted molar refractivity (Wildman–Crippen MR) is 105 cm³/mol. The largest absolute Gasteiger partial charge is 0.379 e. The zero-order valence-corrected chi connectivity index (χ0v) is 16.4. The lowest BCUT2D eigenvalue weighted by Crippen LogP contribution is -2.56. The maximum Gasteiger partial charge on any atom is 0.242 e. The van der Waals surface area contributed by atoms with Crippen LogP contribution >= 0.6 is 0 Å². The van der Waals surface area contributed by atoms with Gasteiger partial charge >= 0.3 is 0 Å². The van der Waals surface area contributed by atoms with Crippen LogP contribution in [0, 0.1) is 0 Å². The predicted octanol–water partition coefficient (Wildman–Crippen LogP) is 0.290. The molecule has 0 aliphatic carbocycles. The molecule has 0 radical (unpaired) electrons. The summed E-state index contributed by atoms with van der Waals surface area (Å²) in [6.45, 7) is 8.17. The van der Waals surface area contributed by atoms with Gasteiger partial charge in [0.15, 0.2) is 0 Å². The first-order chi connectivity index (χ1) is 12.9. The molecule has 4 N–H and O–H groups in total. The van der Waals surface area contributed by atoms with E-state index in [1.54, 1.807) is 13.8 Å². The van der Waals surface area contributed by atoms with Crippen LogP contribution in [0.15, 0.2) is 30.3 Å². The van der Waals surface area contributed by atoms with E-state index in [9.17, 15) is 9.59 Å². The lowest BCUT2D eigenvalue weighted by Gasteiger charge is -2.27. The Labute approximate surface area is 161 Å². The number of hydrogen-bond acceptors (Lipinski definition) is 5. The normalized spacial score (nSPS) is 16.6. The van der Waals surface area contributed by atoms with Crippen LogP contribution in [-0.4, -0.2) is 67.7 Å². The van der Waals surface area contributed by atoms with Gasteiger partial charge in [-0.05, 0) is 32.4 Å². The number of ether oxygens (including phenoxy) is 1. The van der Waals surface area contributed by atoms with E-state index in [1.165, 1.54) is 0 Å². The van der Waals surface area contributed by atoms with Crippen LogP contribution in [0.3, 0.4) is 0 Å². The van der Waals surface area contributed by atoms with Crippen LogP contribution in [0.1, 0.15) is 25.8 Å². The van der Waals surface area contributed by atoms with E-state index in [0.717, 1.165) is 44.8 Å². The van der Waals surface area contributed by atoms with Crippen LogP contribution in [0.2, 0.25) is 0 Å². The highest BCUT2D eigenvalue weighted by Crippen LogP contribution is 2.06. The first-order valence-corrected chi connectivity index (χ1v) is 9.58. The molecule has 150 valence electrons. The number of nitrogens with zero attached hydrogens (tertiary/aromatic N) is 1. The number of nitrogens with two attached hydrogens (primary N) is 1. The van der Waals surface area contributed by atoms with Crippen molar-refractivity contribution >= 4 is 11.8 Å². The minimum Gasteiger partial charge on any atom is -0.379 e. The number of carbonyl (C=O) groups excluding carboxylic acids is 2. The van der Waals surface area contributed by atoms with Gasteiger partial charge in [0.1, 0.15) is 6.04 Å². The Morgan fingerprint density at radius 3 is 2.52 bits per heavy atom. The number of rotatable bonds is 9. The van der Waals surface area contributed by atoms with Crippen LogP contribution in [-0.2, 0) is 20.7 Å². The SMILES string of the molecule is CC(C)(N)C(=O)N[C@H](Cc1ccccc1)C(=O)NCCCN1CCOCC1. The van der Waals surface area contributed by atoms with Crippen molar-refractivity contribution in [3.63, 3.8) is 0 Å². The zero-order chi connectivity index (χ0) is 19.7. The Hall–Kier alpha value is -1.96. The molecule has 0 spiro atoms. The monoisotopic (exact) mass is 376 g/mol. The molecule has 7 heteroatoms. The molecular formula is C20H32N4O3. The molecule has 7 nitrogen and oxygen atoms in total. The van der Waals surface area contributed by atoms with Gasteiger partial charge in [-0.15, -0.1) is 0 Å². The fourth-order valence-electron chi connectivity index (χ4n) is 2.87. The van der Waals surface area contributed by atoms with Crippen molar-refractivity contribution < 1.29 is 14.3 Å². The zero-order valence-electron chi connectivity index (χ0n) is 16.4. The molecule has 1 heterocycles. The molecule has 2 rings (SSSR count). The maximum atomic E-state index is 12.7. The average molecular weight is 377 g/mol. The summed E-state index contributed by atoms with van der Waals surface area (Å²) in [4.78, 5) is 27.3. The topological polar surface area (TPSA) is 96.7 Å². The van der Waals surface area contributed by atoms with Crippen LogP contribution < -0.4 is 16.4 Å². The summed E-state index contributed by atoms with van der Waals surface area (Å²) in [7, 11) is 0. The lowest BCUT2D eigenvalue weighted by molar-refractivity contribution is -0.131. The van der Waals surface area contributed by atoms with Crippen molar-refractivity contribution in [1.29, 1.82) is 0 Å². The number of hydrogen-bond donors (Lipinski definition) is 3. The van der Waals surface area contributed by atoms with Crippen molar-refractivity contribution in [1.82, 2.24) is 15.5 Å².